The number of benzene rings is 1. The minimum atomic E-state index is -0.412. The fourth-order valence-electron chi connectivity index (χ4n) is 2.94. The van der Waals surface area contributed by atoms with E-state index in [9.17, 15) is 9.18 Å². The average Bonchev–Trinajstić information content (AvgIpc) is 2.99. The minimum absolute atomic E-state index is 0.140. The summed E-state index contributed by atoms with van der Waals surface area (Å²) in [6.45, 7) is 0. The highest BCUT2D eigenvalue weighted by Crippen LogP contribution is 2.39. The highest BCUT2D eigenvalue weighted by molar-refractivity contribution is 6.31. The van der Waals surface area contributed by atoms with Crippen molar-refractivity contribution in [2.75, 3.05) is 5.32 Å². The zero-order valence-electron chi connectivity index (χ0n) is 12.4. The molecular formula is C17H12ClFN4O. The Hall–Kier alpha value is -2.73. The maximum atomic E-state index is 13.3. The second-order valence-corrected chi connectivity index (χ2v) is 5.94. The molecule has 1 aliphatic rings. The van der Waals surface area contributed by atoms with Crippen molar-refractivity contribution in [1.29, 1.82) is 0 Å². The van der Waals surface area contributed by atoms with Crippen LogP contribution in [0.25, 0.3) is 5.69 Å². The van der Waals surface area contributed by atoms with Crippen LogP contribution in [-0.2, 0) is 4.79 Å². The highest BCUT2D eigenvalue weighted by atomic mass is 35.5. The van der Waals surface area contributed by atoms with Crippen molar-refractivity contribution >= 4 is 23.3 Å². The van der Waals surface area contributed by atoms with Gasteiger partial charge in [0.25, 0.3) is 0 Å². The Labute approximate surface area is 142 Å². The Morgan fingerprint density at radius 1 is 1.33 bits per heavy atom. The molecule has 0 fully saturated rings. The fourth-order valence-corrected chi connectivity index (χ4v) is 3.24. The van der Waals surface area contributed by atoms with Gasteiger partial charge in [-0.3, -0.25) is 14.3 Å². The number of anilines is 1. The van der Waals surface area contributed by atoms with E-state index in [2.05, 4.69) is 15.3 Å². The van der Waals surface area contributed by atoms with Crippen LogP contribution in [-0.4, -0.2) is 20.4 Å². The largest absolute Gasteiger partial charge is 0.310 e. The Morgan fingerprint density at radius 2 is 2.21 bits per heavy atom. The Bertz CT molecular complexity index is 926. The van der Waals surface area contributed by atoms with Crippen molar-refractivity contribution in [3.8, 4) is 5.69 Å². The van der Waals surface area contributed by atoms with Crippen molar-refractivity contribution in [3.63, 3.8) is 0 Å². The maximum absolute atomic E-state index is 13.3. The third kappa shape index (κ3) is 2.45. The fraction of sp³-hybridized carbons (Fsp3) is 0.118. The number of imidazole rings is 1. The van der Waals surface area contributed by atoms with Crippen molar-refractivity contribution < 1.29 is 9.18 Å². The molecular weight excluding hydrogens is 331 g/mol. The van der Waals surface area contributed by atoms with Crippen LogP contribution in [0, 0.1) is 5.82 Å². The summed E-state index contributed by atoms with van der Waals surface area (Å²) in [5.74, 6) is -0.284. The number of aromatic nitrogens is 3. The van der Waals surface area contributed by atoms with Gasteiger partial charge in [-0.2, -0.15) is 0 Å². The number of nitrogens with one attached hydrogen (secondary N) is 1. The molecule has 3 aromatic rings. The summed E-state index contributed by atoms with van der Waals surface area (Å²) < 4.78 is 15.1. The molecule has 0 saturated carbocycles. The average molecular weight is 343 g/mol. The van der Waals surface area contributed by atoms with Gasteiger partial charge in [0.1, 0.15) is 18.0 Å². The molecule has 24 heavy (non-hydrogen) atoms. The molecule has 120 valence electrons. The van der Waals surface area contributed by atoms with Crippen LogP contribution in [0.2, 0.25) is 5.02 Å². The Balaban J connectivity index is 1.84. The van der Waals surface area contributed by atoms with E-state index in [-0.39, 0.29) is 23.3 Å². The normalized spacial score (nSPS) is 16.6. The summed E-state index contributed by atoms with van der Waals surface area (Å²) in [4.78, 5) is 20.7. The van der Waals surface area contributed by atoms with E-state index >= 15 is 0 Å². The molecule has 1 aromatic carbocycles. The lowest BCUT2D eigenvalue weighted by molar-refractivity contribution is -0.116. The summed E-state index contributed by atoms with van der Waals surface area (Å²) in [6.07, 6.45) is 5.20. The second-order valence-electron chi connectivity index (χ2n) is 5.53. The molecule has 0 bridgehead atoms. The third-order valence-corrected chi connectivity index (χ3v) is 4.36. The van der Waals surface area contributed by atoms with E-state index in [0.717, 1.165) is 5.69 Å². The number of pyridine rings is 1. The molecule has 7 heteroatoms. The zero-order valence-corrected chi connectivity index (χ0v) is 13.2. The number of nitrogens with zero attached hydrogens (tertiary/aromatic N) is 3. The lowest BCUT2D eigenvalue weighted by atomic mass is 9.89. The predicted molar refractivity (Wildman–Crippen MR) is 87.9 cm³/mol. The van der Waals surface area contributed by atoms with Crippen molar-refractivity contribution in [2.24, 2.45) is 0 Å². The number of carbonyl (C=O) groups is 1. The first-order valence-corrected chi connectivity index (χ1v) is 7.73. The second kappa shape index (κ2) is 5.72. The van der Waals surface area contributed by atoms with Crippen LogP contribution in [0.4, 0.5) is 10.2 Å². The van der Waals surface area contributed by atoms with Crippen LogP contribution in [0.5, 0.6) is 0 Å². The van der Waals surface area contributed by atoms with Gasteiger partial charge in [-0.05, 0) is 29.8 Å². The van der Waals surface area contributed by atoms with Gasteiger partial charge in [0, 0.05) is 23.6 Å². The number of amides is 1. The molecule has 1 amide bonds. The van der Waals surface area contributed by atoms with Gasteiger partial charge in [0.05, 0.1) is 17.6 Å². The summed E-state index contributed by atoms with van der Waals surface area (Å²) in [6, 6.07) is 7.87. The van der Waals surface area contributed by atoms with E-state index in [1.54, 1.807) is 35.4 Å². The summed E-state index contributed by atoms with van der Waals surface area (Å²) in [5, 5.41) is 3.14. The number of fused-ring (bicyclic) bond motifs is 1. The smallest absolute Gasteiger partial charge is 0.226 e. The minimum Gasteiger partial charge on any atom is -0.310 e. The summed E-state index contributed by atoms with van der Waals surface area (Å²) in [5.41, 5.74) is 2.18. The van der Waals surface area contributed by atoms with Gasteiger partial charge in [-0.25, -0.2) is 9.37 Å². The SMILES string of the molecule is O=C1C[C@H](c2ccc(F)cc2Cl)c2ncn(-c3cccnc3)c2N1. The molecule has 0 aliphatic carbocycles. The van der Waals surface area contributed by atoms with Crippen molar-refractivity contribution in [2.45, 2.75) is 12.3 Å². The standard InChI is InChI=1S/C17H12ClFN4O/c18-14-6-10(19)3-4-12(14)13-7-15(24)22-17-16(13)21-9-23(17)11-2-1-5-20-8-11/h1-6,8-9,13H,7H2,(H,22,24)/t13-/m1/s1. The Morgan fingerprint density at radius 3 is 2.96 bits per heavy atom. The maximum Gasteiger partial charge on any atom is 0.226 e. The van der Waals surface area contributed by atoms with Gasteiger partial charge in [-0.15, -0.1) is 0 Å². The highest BCUT2D eigenvalue weighted by Gasteiger charge is 2.32. The number of hydrogen-bond acceptors (Lipinski definition) is 3. The van der Waals surface area contributed by atoms with E-state index in [1.807, 2.05) is 6.07 Å². The van der Waals surface area contributed by atoms with Crippen molar-refractivity contribution in [3.05, 3.63) is 71.2 Å². The van der Waals surface area contributed by atoms with Crippen LogP contribution >= 0.6 is 11.6 Å². The molecule has 1 atom stereocenters. The lowest BCUT2D eigenvalue weighted by Gasteiger charge is -2.24. The Kier molecular flexibility index (Phi) is 3.54. The lowest BCUT2D eigenvalue weighted by Crippen LogP contribution is -2.25. The molecule has 0 saturated heterocycles. The number of rotatable bonds is 2. The molecule has 4 rings (SSSR count). The first kappa shape index (κ1) is 14.8. The van der Waals surface area contributed by atoms with Crippen LogP contribution in [0.1, 0.15) is 23.6 Å². The quantitative estimate of drug-likeness (QED) is 0.775. The monoisotopic (exact) mass is 342 g/mol. The van der Waals surface area contributed by atoms with Crippen LogP contribution in [0.3, 0.4) is 0 Å². The predicted octanol–water partition coefficient (Wildman–Crippen LogP) is 3.53. The molecule has 3 heterocycles. The first-order valence-electron chi connectivity index (χ1n) is 7.36. The van der Waals surface area contributed by atoms with E-state index in [0.29, 0.717) is 17.1 Å². The van der Waals surface area contributed by atoms with E-state index in [1.165, 1.54) is 12.1 Å². The molecule has 1 aliphatic heterocycles. The van der Waals surface area contributed by atoms with Gasteiger partial charge in [0.15, 0.2) is 0 Å². The summed E-state index contributed by atoms with van der Waals surface area (Å²) >= 11 is 6.18. The van der Waals surface area contributed by atoms with E-state index in [4.69, 9.17) is 11.6 Å². The number of carbonyl (C=O) groups excluding carboxylic acids is 1. The van der Waals surface area contributed by atoms with Gasteiger partial charge in [-0.1, -0.05) is 17.7 Å². The van der Waals surface area contributed by atoms with Crippen LogP contribution < -0.4 is 5.32 Å². The number of halogens is 2. The summed E-state index contributed by atoms with van der Waals surface area (Å²) in [7, 11) is 0. The van der Waals surface area contributed by atoms with Gasteiger partial charge < -0.3 is 5.32 Å². The van der Waals surface area contributed by atoms with Crippen LogP contribution in [0.15, 0.2) is 49.1 Å². The third-order valence-electron chi connectivity index (χ3n) is 4.04. The molecule has 0 unspecified atom stereocenters. The van der Waals surface area contributed by atoms with Gasteiger partial charge >= 0.3 is 0 Å². The van der Waals surface area contributed by atoms with Gasteiger partial charge in [0.2, 0.25) is 5.91 Å². The first-order chi connectivity index (χ1) is 11.6. The van der Waals surface area contributed by atoms with Crippen molar-refractivity contribution in [1.82, 2.24) is 14.5 Å². The molecule has 0 radical (unpaired) electrons. The topological polar surface area (TPSA) is 59.8 Å². The van der Waals surface area contributed by atoms with E-state index < -0.39 is 5.82 Å². The molecule has 0 spiro atoms. The zero-order chi connectivity index (χ0) is 16.7. The molecule has 5 nitrogen and oxygen atoms in total. The molecule has 2 aromatic heterocycles. The molecule has 1 N–H and O–H groups in total. The number of hydrogen-bond donors (Lipinski definition) is 1.